The van der Waals surface area contributed by atoms with Gasteiger partial charge in [-0.15, -0.1) is 0 Å². The number of rotatable bonds is 5. The van der Waals surface area contributed by atoms with E-state index in [2.05, 4.69) is 20.5 Å². The summed E-state index contributed by atoms with van der Waals surface area (Å²) in [5.41, 5.74) is 1.94. The summed E-state index contributed by atoms with van der Waals surface area (Å²) in [7, 11) is 1.68. The summed E-state index contributed by atoms with van der Waals surface area (Å²) in [5.74, 6) is 0. The maximum absolute atomic E-state index is 12.1. The first kappa shape index (κ1) is 15.0. The van der Waals surface area contributed by atoms with Crippen molar-refractivity contribution in [1.82, 2.24) is 20.1 Å². The molecular weight excluding hydrogens is 270 g/mol. The summed E-state index contributed by atoms with van der Waals surface area (Å²) in [5, 5.41) is 18.8. The quantitative estimate of drug-likeness (QED) is 0.781. The van der Waals surface area contributed by atoms with Crippen LogP contribution in [0, 0.1) is 0 Å². The first-order valence-electron chi connectivity index (χ1n) is 6.73. The zero-order valence-corrected chi connectivity index (χ0v) is 12.1. The minimum Gasteiger partial charge on any atom is -0.393 e. The van der Waals surface area contributed by atoms with Crippen molar-refractivity contribution < 1.29 is 9.90 Å². The van der Waals surface area contributed by atoms with E-state index in [9.17, 15) is 9.90 Å². The minimum absolute atomic E-state index is 0.255. The zero-order valence-electron chi connectivity index (χ0n) is 12.1. The van der Waals surface area contributed by atoms with Gasteiger partial charge >= 0.3 is 6.03 Å². The molecule has 21 heavy (non-hydrogen) atoms. The van der Waals surface area contributed by atoms with Gasteiger partial charge in [-0.25, -0.2) is 4.79 Å². The molecule has 2 aromatic rings. The molecule has 2 amide bonds. The third-order valence-corrected chi connectivity index (χ3v) is 3.03. The topological polar surface area (TPSA) is 94.1 Å². The SMILES string of the molecule is CC(O)CCN(C)C(=O)Nc1cn[nH]c1-c1ccccn1. The molecule has 2 heterocycles. The molecule has 2 aromatic heterocycles. The van der Waals surface area contributed by atoms with Gasteiger partial charge in [0.2, 0.25) is 0 Å². The van der Waals surface area contributed by atoms with E-state index in [1.54, 1.807) is 26.4 Å². The molecule has 0 radical (unpaired) electrons. The van der Waals surface area contributed by atoms with Crippen LogP contribution in [0.15, 0.2) is 30.6 Å². The molecule has 112 valence electrons. The molecule has 1 atom stereocenters. The lowest BCUT2D eigenvalue weighted by atomic mass is 10.2. The number of aliphatic hydroxyl groups is 1. The van der Waals surface area contributed by atoms with Crippen molar-refractivity contribution >= 4 is 11.7 Å². The summed E-state index contributed by atoms with van der Waals surface area (Å²) in [6.45, 7) is 2.17. The van der Waals surface area contributed by atoms with Gasteiger partial charge in [0.25, 0.3) is 0 Å². The van der Waals surface area contributed by atoms with E-state index in [0.29, 0.717) is 30.0 Å². The van der Waals surface area contributed by atoms with Crippen molar-refractivity contribution in [2.45, 2.75) is 19.4 Å². The van der Waals surface area contributed by atoms with Crippen LogP contribution >= 0.6 is 0 Å². The third-order valence-electron chi connectivity index (χ3n) is 3.03. The first-order valence-corrected chi connectivity index (χ1v) is 6.73. The van der Waals surface area contributed by atoms with Gasteiger partial charge in [-0.05, 0) is 25.5 Å². The van der Waals surface area contributed by atoms with Crippen molar-refractivity contribution in [3.63, 3.8) is 0 Å². The summed E-state index contributed by atoms with van der Waals surface area (Å²) < 4.78 is 0. The number of nitrogens with zero attached hydrogens (tertiary/aromatic N) is 3. The number of urea groups is 1. The van der Waals surface area contributed by atoms with Crippen LogP contribution < -0.4 is 5.32 Å². The number of aromatic amines is 1. The molecule has 0 aliphatic heterocycles. The number of hydrogen-bond acceptors (Lipinski definition) is 4. The largest absolute Gasteiger partial charge is 0.393 e. The number of pyridine rings is 1. The van der Waals surface area contributed by atoms with Gasteiger partial charge in [-0.3, -0.25) is 10.1 Å². The second kappa shape index (κ2) is 6.85. The fraction of sp³-hybridized carbons (Fsp3) is 0.357. The first-order chi connectivity index (χ1) is 10.1. The van der Waals surface area contributed by atoms with Crippen LogP contribution in [0.5, 0.6) is 0 Å². The van der Waals surface area contributed by atoms with E-state index in [-0.39, 0.29) is 6.03 Å². The average molecular weight is 289 g/mol. The van der Waals surface area contributed by atoms with E-state index in [0.717, 1.165) is 0 Å². The zero-order chi connectivity index (χ0) is 15.2. The van der Waals surface area contributed by atoms with Gasteiger partial charge in [0.15, 0.2) is 0 Å². The lowest BCUT2D eigenvalue weighted by Gasteiger charge is -2.18. The second-order valence-corrected chi connectivity index (χ2v) is 4.86. The van der Waals surface area contributed by atoms with Crippen molar-refractivity contribution in [1.29, 1.82) is 0 Å². The van der Waals surface area contributed by atoms with Crippen LogP contribution in [0.1, 0.15) is 13.3 Å². The van der Waals surface area contributed by atoms with Gasteiger partial charge in [0.05, 0.1) is 23.7 Å². The highest BCUT2D eigenvalue weighted by Crippen LogP contribution is 2.23. The molecule has 0 bridgehead atoms. The lowest BCUT2D eigenvalue weighted by molar-refractivity contribution is 0.167. The Hall–Kier alpha value is -2.41. The number of amides is 2. The Kier molecular flexibility index (Phi) is 4.89. The molecular formula is C14H19N5O2. The molecule has 0 aromatic carbocycles. The molecule has 0 saturated heterocycles. The Morgan fingerprint density at radius 3 is 3.00 bits per heavy atom. The van der Waals surface area contributed by atoms with E-state index in [1.807, 2.05) is 18.2 Å². The van der Waals surface area contributed by atoms with E-state index >= 15 is 0 Å². The molecule has 7 nitrogen and oxygen atoms in total. The highest BCUT2D eigenvalue weighted by atomic mass is 16.3. The van der Waals surface area contributed by atoms with E-state index < -0.39 is 6.10 Å². The number of aliphatic hydroxyl groups excluding tert-OH is 1. The van der Waals surface area contributed by atoms with E-state index in [1.165, 1.54) is 4.90 Å². The van der Waals surface area contributed by atoms with Gasteiger partial charge in [0.1, 0.15) is 5.69 Å². The highest BCUT2D eigenvalue weighted by Gasteiger charge is 2.14. The average Bonchev–Trinajstić information content (AvgIpc) is 2.93. The van der Waals surface area contributed by atoms with Gasteiger partial charge in [-0.1, -0.05) is 6.07 Å². The third kappa shape index (κ3) is 4.03. The van der Waals surface area contributed by atoms with Crippen LogP contribution in [0.25, 0.3) is 11.4 Å². The van der Waals surface area contributed by atoms with Crippen molar-refractivity contribution in [3.05, 3.63) is 30.6 Å². The molecule has 7 heteroatoms. The minimum atomic E-state index is -0.432. The smallest absolute Gasteiger partial charge is 0.321 e. The number of carbonyl (C=O) groups is 1. The predicted molar refractivity (Wildman–Crippen MR) is 79.8 cm³/mol. The van der Waals surface area contributed by atoms with Crippen LogP contribution in [-0.4, -0.2) is 50.9 Å². The van der Waals surface area contributed by atoms with Crippen molar-refractivity contribution in [2.75, 3.05) is 18.9 Å². The Bertz CT molecular complexity index is 582. The Labute approximate surface area is 123 Å². The molecule has 2 rings (SSSR count). The number of H-pyrrole nitrogens is 1. The van der Waals surface area contributed by atoms with Crippen LogP contribution in [0.2, 0.25) is 0 Å². The summed E-state index contributed by atoms with van der Waals surface area (Å²) in [6.07, 6.45) is 3.32. The summed E-state index contributed by atoms with van der Waals surface area (Å²) in [4.78, 5) is 17.8. The molecule has 0 aliphatic carbocycles. The normalized spacial score (nSPS) is 12.0. The Morgan fingerprint density at radius 1 is 1.52 bits per heavy atom. The fourth-order valence-corrected chi connectivity index (χ4v) is 1.78. The van der Waals surface area contributed by atoms with Crippen molar-refractivity contribution in [2.24, 2.45) is 0 Å². The molecule has 0 fully saturated rings. The van der Waals surface area contributed by atoms with Gasteiger partial charge in [-0.2, -0.15) is 5.10 Å². The maximum atomic E-state index is 12.1. The van der Waals surface area contributed by atoms with Crippen LogP contribution in [0.4, 0.5) is 10.5 Å². The number of aromatic nitrogens is 3. The molecule has 0 aliphatic rings. The standard InChI is InChI=1S/C14H19N5O2/c1-10(20)6-8-19(2)14(21)17-12-9-16-18-13(12)11-5-3-4-7-15-11/h3-5,7,9-10,20H,6,8H2,1-2H3,(H,16,18)(H,17,21). The monoisotopic (exact) mass is 289 g/mol. The van der Waals surface area contributed by atoms with E-state index in [4.69, 9.17) is 0 Å². The predicted octanol–water partition coefficient (Wildman–Crippen LogP) is 1.71. The molecule has 1 unspecified atom stereocenters. The van der Waals surface area contributed by atoms with Crippen LogP contribution in [0.3, 0.4) is 0 Å². The molecule has 0 spiro atoms. The van der Waals surface area contributed by atoms with Crippen LogP contribution in [-0.2, 0) is 0 Å². The molecule has 3 N–H and O–H groups in total. The number of nitrogens with one attached hydrogen (secondary N) is 2. The lowest BCUT2D eigenvalue weighted by Crippen LogP contribution is -2.33. The summed E-state index contributed by atoms with van der Waals surface area (Å²) in [6, 6.07) is 5.26. The Morgan fingerprint density at radius 2 is 2.33 bits per heavy atom. The molecule has 0 saturated carbocycles. The summed E-state index contributed by atoms with van der Waals surface area (Å²) >= 11 is 0. The highest BCUT2D eigenvalue weighted by molar-refractivity contribution is 5.92. The van der Waals surface area contributed by atoms with Gasteiger partial charge < -0.3 is 15.3 Å². The fourth-order valence-electron chi connectivity index (χ4n) is 1.78. The van der Waals surface area contributed by atoms with Gasteiger partial charge in [0, 0.05) is 19.8 Å². The number of anilines is 1. The maximum Gasteiger partial charge on any atom is 0.321 e. The second-order valence-electron chi connectivity index (χ2n) is 4.86. The Balaban J connectivity index is 2.04. The van der Waals surface area contributed by atoms with Crippen molar-refractivity contribution in [3.8, 4) is 11.4 Å². The number of hydrogen-bond donors (Lipinski definition) is 3. The number of carbonyl (C=O) groups excluding carboxylic acids is 1.